The van der Waals surface area contributed by atoms with E-state index in [-0.39, 0.29) is 6.10 Å². The highest BCUT2D eigenvalue weighted by Crippen LogP contribution is 2.22. The summed E-state index contributed by atoms with van der Waals surface area (Å²) in [6, 6.07) is 9.54. The van der Waals surface area contributed by atoms with Gasteiger partial charge in [0.05, 0.1) is 12.2 Å². The molecule has 0 saturated heterocycles. The third-order valence-corrected chi connectivity index (χ3v) is 2.50. The molecular weight excluding hydrogens is 254 g/mol. The normalized spacial score (nSPS) is 10.6. The molecule has 0 aliphatic carbocycles. The van der Waals surface area contributed by atoms with Gasteiger partial charge in [-0.1, -0.05) is 12.1 Å². The number of benzene rings is 1. The van der Waals surface area contributed by atoms with Crippen LogP contribution >= 0.6 is 0 Å². The summed E-state index contributed by atoms with van der Waals surface area (Å²) < 4.78 is 11.2. The Labute approximate surface area is 119 Å². The topological polar surface area (TPSA) is 56.3 Å². The number of hydrogen-bond acceptors (Lipinski definition) is 5. The molecule has 106 valence electrons. The summed E-state index contributed by atoms with van der Waals surface area (Å²) >= 11 is 0. The third kappa shape index (κ3) is 4.20. The van der Waals surface area contributed by atoms with Crippen LogP contribution in [0.15, 0.2) is 36.7 Å². The van der Waals surface area contributed by atoms with Crippen LogP contribution in [0.25, 0.3) is 0 Å². The maximum absolute atomic E-state index is 5.68. The molecule has 0 saturated carbocycles. The van der Waals surface area contributed by atoms with Gasteiger partial charge >= 0.3 is 0 Å². The van der Waals surface area contributed by atoms with Crippen molar-refractivity contribution in [2.45, 2.75) is 26.5 Å². The molecule has 5 nitrogen and oxygen atoms in total. The van der Waals surface area contributed by atoms with Crippen LogP contribution in [-0.4, -0.2) is 23.1 Å². The number of ether oxygens (including phenoxy) is 2. The molecule has 1 aromatic carbocycles. The first-order valence-electron chi connectivity index (χ1n) is 6.57. The molecule has 20 heavy (non-hydrogen) atoms. The smallest absolute Gasteiger partial charge is 0.226 e. The van der Waals surface area contributed by atoms with Crippen molar-refractivity contribution in [3.8, 4) is 17.5 Å². The van der Waals surface area contributed by atoms with Crippen molar-refractivity contribution in [3.05, 3.63) is 42.2 Å². The van der Waals surface area contributed by atoms with Gasteiger partial charge in [0, 0.05) is 6.54 Å². The van der Waals surface area contributed by atoms with E-state index in [0.29, 0.717) is 11.8 Å². The van der Waals surface area contributed by atoms with E-state index in [1.165, 1.54) is 11.9 Å². The Hall–Kier alpha value is -2.14. The van der Waals surface area contributed by atoms with Crippen LogP contribution in [0.2, 0.25) is 0 Å². The number of aromatic nitrogens is 2. The van der Waals surface area contributed by atoms with Crippen LogP contribution in [-0.2, 0) is 6.54 Å². The molecule has 0 aliphatic heterocycles. The van der Waals surface area contributed by atoms with Crippen molar-refractivity contribution >= 4 is 0 Å². The van der Waals surface area contributed by atoms with Gasteiger partial charge < -0.3 is 14.8 Å². The highest BCUT2D eigenvalue weighted by Gasteiger charge is 2.04. The van der Waals surface area contributed by atoms with E-state index in [1.54, 1.807) is 6.07 Å². The van der Waals surface area contributed by atoms with E-state index in [0.717, 1.165) is 12.3 Å². The Morgan fingerprint density at radius 1 is 1.10 bits per heavy atom. The van der Waals surface area contributed by atoms with Crippen molar-refractivity contribution in [1.29, 1.82) is 0 Å². The first-order chi connectivity index (χ1) is 9.67. The van der Waals surface area contributed by atoms with Gasteiger partial charge in [-0.05, 0) is 38.6 Å². The Kier molecular flexibility index (Phi) is 4.90. The van der Waals surface area contributed by atoms with Crippen molar-refractivity contribution in [2.24, 2.45) is 0 Å². The zero-order valence-electron chi connectivity index (χ0n) is 12.0. The minimum atomic E-state index is 0.0681. The van der Waals surface area contributed by atoms with E-state index < -0.39 is 0 Å². The molecule has 1 heterocycles. The number of rotatable bonds is 6. The highest BCUT2D eigenvalue weighted by atomic mass is 16.5. The minimum absolute atomic E-state index is 0.0681. The first-order valence-corrected chi connectivity index (χ1v) is 6.57. The molecule has 1 N–H and O–H groups in total. The molecular formula is C15H19N3O2. The van der Waals surface area contributed by atoms with E-state index in [2.05, 4.69) is 15.3 Å². The summed E-state index contributed by atoms with van der Waals surface area (Å²) in [4.78, 5) is 8.11. The second kappa shape index (κ2) is 6.86. The summed E-state index contributed by atoms with van der Waals surface area (Å²) in [6.45, 7) is 4.73. The Morgan fingerprint density at radius 2 is 1.80 bits per heavy atom. The minimum Gasteiger partial charge on any atom is -0.475 e. The number of nitrogens with one attached hydrogen (secondary N) is 1. The second-order valence-electron chi connectivity index (χ2n) is 4.64. The highest BCUT2D eigenvalue weighted by molar-refractivity contribution is 5.31. The van der Waals surface area contributed by atoms with Crippen molar-refractivity contribution in [3.63, 3.8) is 0 Å². The average molecular weight is 273 g/mol. The lowest BCUT2D eigenvalue weighted by atomic mass is 10.2. The molecule has 0 bridgehead atoms. The average Bonchev–Trinajstić information content (AvgIpc) is 2.41. The molecule has 0 aliphatic rings. The maximum Gasteiger partial charge on any atom is 0.226 e. The summed E-state index contributed by atoms with van der Waals surface area (Å²) in [5.74, 6) is 1.72. The van der Waals surface area contributed by atoms with E-state index >= 15 is 0 Å². The van der Waals surface area contributed by atoms with Crippen LogP contribution in [0.4, 0.5) is 0 Å². The first kappa shape index (κ1) is 14.3. The van der Waals surface area contributed by atoms with E-state index in [9.17, 15) is 0 Å². The Morgan fingerprint density at radius 3 is 2.45 bits per heavy atom. The number of hydrogen-bond donors (Lipinski definition) is 1. The molecule has 0 atom stereocenters. The molecule has 2 aromatic rings. The summed E-state index contributed by atoms with van der Waals surface area (Å²) in [7, 11) is 1.92. The van der Waals surface area contributed by atoms with Gasteiger partial charge in [0.1, 0.15) is 12.1 Å². The fourth-order valence-electron chi connectivity index (χ4n) is 1.68. The molecule has 5 heteroatoms. The van der Waals surface area contributed by atoms with Gasteiger partial charge in [-0.2, -0.15) is 0 Å². The Balaban J connectivity index is 2.05. The molecule has 0 radical (unpaired) electrons. The van der Waals surface area contributed by atoms with Crippen LogP contribution in [0.3, 0.4) is 0 Å². The number of nitrogens with zero attached hydrogens (tertiary/aromatic N) is 2. The predicted molar refractivity (Wildman–Crippen MR) is 77.1 cm³/mol. The summed E-state index contributed by atoms with van der Waals surface area (Å²) in [6.07, 6.45) is 1.50. The lowest BCUT2D eigenvalue weighted by Gasteiger charge is -2.10. The quantitative estimate of drug-likeness (QED) is 0.877. The zero-order valence-corrected chi connectivity index (χ0v) is 12.0. The lowest BCUT2D eigenvalue weighted by molar-refractivity contribution is 0.231. The molecule has 2 rings (SSSR count). The van der Waals surface area contributed by atoms with Gasteiger partial charge in [-0.15, -0.1) is 0 Å². The zero-order chi connectivity index (χ0) is 14.4. The van der Waals surface area contributed by atoms with Crippen molar-refractivity contribution in [1.82, 2.24) is 15.3 Å². The fourth-order valence-corrected chi connectivity index (χ4v) is 1.68. The van der Waals surface area contributed by atoms with Gasteiger partial charge in [-0.3, -0.25) is 0 Å². The second-order valence-corrected chi connectivity index (χ2v) is 4.64. The van der Waals surface area contributed by atoms with Gasteiger partial charge in [0.2, 0.25) is 11.8 Å². The Bertz CT molecular complexity index is 541. The monoisotopic (exact) mass is 273 g/mol. The molecule has 0 unspecified atom stereocenters. The van der Waals surface area contributed by atoms with Gasteiger partial charge in [-0.25, -0.2) is 9.97 Å². The predicted octanol–water partition coefficient (Wildman–Crippen LogP) is 2.78. The van der Waals surface area contributed by atoms with Crippen molar-refractivity contribution < 1.29 is 9.47 Å². The molecule has 0 fully saturated rings. The van der Waals surface area contributed by atoms with Crippen LogP contribution in [0.1, 0.15) is 19.4 Å². The largest absolute Gasteiger partial charge is 0.475 e. The summed E-state index contributed by atoms with van der Waals surface area (Å²) in [5, 5.41) is 3.10. The molecule has 0 spiro atoms. The van der Waals surface area contributed by atoms with Crippen LogP contribution in [0.5, 0.6) is 17.5 Å². The lowest BCUT2D eigenvalue weighted by Crippen LogP contribution is -2.07. The standard InChI is InChI=1S/C15H19N3O2/c1-11(2)19-14-8-15(18-10-17-14)20-13-6-4-12(5-7-13)9-16-3/h4-8,10-11,16H,9H2,1-3H3. The van der Waals surface area contributed by atoms with E-state index in [4.69, 9.17) is 9.47 Å². The van der Waals surface area contributed by atoms with E-state index in [1.807, 2.05) is 45.2 Å². The molecule has 0 amide bonds. The molecule has 1 aromatic heterocycles. The SMILES string of the molecule is CNCc1ccc(Oc2cc(OC(C)C)ncn2)cc1. The van der Waals surface area contributed by atoms with Crippen LogP contribution < -0.4 is 14.8 Å². The van der Waals surface area contributed by atoms with Crippen molar-refractivity contribution in [2.75, 3.05) is 7.05 Å². The van der Waals surface area contributed by atoms with Crippen LogP contribution in [0, 0.1) is 0 Å². The fraction of sp³-hybridized carbons (Fsp3) is 0.333. The summed E-state index contributed by atoms with van der Waals surface area (Å²) in [5.41, 5.74) is 1.20. The van der Waals surface area contributed by atoms with Gasteiger partial charge in [0.15, 0.2) is 0 Å². The third-order valence-electron chi connectivity index (χ3n) is 2.50. The van der Waals surface area contributed by atoms with Gasteiger partial charge in [0.25, 0.3) is 0 Å². The maximum atomic E-state index is 5.68.